The number of amides is 2. The molecule has 1 aliphatic heterocycles. The number of carbonyl (C=O) groups excluding carboxylic acids is 1. The maximum atomic E-state index is 11.9. The summed E-state index contributed by atoms with van der Waals surface area (Å²) in [5.41, 5.74) is 0.404. The van der Waals surface area contributed by atoms with Crippen LogP contribution < -0.4 is 5.32 Å². The first-order chi connectivity index (χ1) is 7.57. The van der Waals surface area contributed by atoms with Crippen LogP contribution in [0.25, 0.3) is 0 Å². The second-order valence-corrected chi connectivity index (χ2v) is 6.10. The summed E-state index contributed by atoms with van der Waals surface area (Å²) in [4.78, 5) is 13.9. The summed E-state index contributed by atoms with van der Waals surface area (Å²) in [7, 11) is 0. The Kier molecular flexibility index (Phi) is 3.41. The SMILES string of the molecule is CC1(C)CCCC(NC(=O)N2CCCC2)C1. The molecule has 0 aromatic carbocycles. The van der Waals surface area contributed by atoms with Gasteiger partial charge in [-0.15, -0.1) is 0 Å². The fourth-order valence-corrected chi connectivity index (χ4v) is 3.01. The molecule has 16 heavy (non-hydrogen) atoms. The zero-order chi connectivity index (χ0) is 11.6. The standard InChI is InChI=1S/C13H24N2O/c1-13(2)7-5-6-11(10-13)14-12(16)15-8-3-4-9-15/h11H,3-10H2,1-2H3,(H,14,16). The highest BCUT2D eigenvalue weighted by Crippen LogP contribution is 2.35. The lowest BCUT2D eigenvalue weighted by atomic mass is 9.75. The predicted molar refractivity (Wildman–Crippen MR) is 65.4 cm³/mol. The lowest BCUT2D eigenvalue weighted by molar-refractivity contribution is 0.175. The molecule has 92 valence electrons. The first-order valence-corrected chi connectivity index (χ1v) is 6.62. The molecule has 3 heteroatoms. The molecule has 1 heterocycles. The average Bonchev–Trinajstić information content (AvgIpc) is 2.68. The summed E-state index contributed by atoms with van der Waals surface area (Å²) in [6.07, 6.45) is 7.17. The Labute approximate surface area is 98.6 Å². The average molecular weight is 224 g/mol. The summed E-state index contributed by atoms with van der Waals surface area (Å²) < 4.78 is 0. The molecule has 0 bridgehead atoms. The summed E-state index contributed by atoms with van der Waals surface area (Å²) in [6.45, 7) is 6.51. The molecular formula is C13H24N2O. The van der Waals surface area contributed by atoms with Crippen LogP contribution in [0.3, 0.4) is 0 Å². The number of nitrogens with one attached hydrogen (secondary N) is 1. The van der Waals surface area contributed by atoms with Gasteiger partial charge in [0.05, 0.1) is 0 Å². The molecule has 0 aromatic rings. The number of nitrogens with zero attached hydrogens (tertiary/aromatic N) is 1. The summed E-state index contributed by atoms with van der Waals surface area (Å²) in [6, 6.07) is 0.567. The van der Waals surface area contributed by atoms with Crippen LogP contribution in [0.4, 0.5) is 4.79 Å². The molecule has 0 spiro atoms. The molecule has 1 unspecified atom stereocenters. The highest BCUT2D eigenvalue weighted by Gasteiger charge is 2.30. The predicted octanol–water partition coefficient (Wildman–Crippen LogP) is 2.76. The second kappa shape index (κ2) is 4.64. The van der Waals surface area contributed by atoms with E-state index in [-0.39, 0.29) is 6.03 Å². The third-order valence-electron chi connectivity index (χ3n) is 3.93. The van der Waals surface area contributed by atoms with E-state index in [0.717, 1.165) is 25.9 Å². The van der Waals surface area contributed by atoms with Crippen LogP contribution in [0, 0.1) is 5.41 Å². The van der Waals surface area contributed by atoms with Crippen LogP contribution in [0.1, 0.15) is 52.4 Å². The van der Waals surface area contributed by atoms with Crippen molar-refractivity contribution >= 4 is 6.03 Å². The molecular weight excluding hydrogens is 200 g/mol. The van der Waals surface area contributed by atoms with Crippen molar-refractivity contribution in [3.63, 3.8) is 0 Å². The third kappa shape index (κ3) is 2.89. The summed E-state index contributed by atoms with van der Waals surface area (Å²) in [5, 5.41) is 3.20. The minimum Gasteiger partial charge on any atom is -0.335 e. The molecule has 1 saturated heterocycles. The maximum absolute atomic E-state index is 11.9. The van der Waals surface area contributed by atoms with Crippen LogP contribution in [0.5, 0.6) is 0 Å². The molecule has 1 N–H and O–H groups in total. The van der Waals surface area contributed by atoms with E-state index in [1.807, 2.05) is 4.90 Å². The summed E-state index contributed by atoms with van der Waals surface area (Å²) >= 11 is 0. The van der Waals surface area contributed by atoms with Gasteiger partial charge in [0.1, 0.15) is 0 Å². The molecule has 0 aromatic heterocycles. The van der Waals surface area contributed by atoms with Gasteiger partial charge in [-0.3, -0.25) is 0 Å². The van der Waals surface area contributed by atoms with Gasteiger partial charge in [0, 0.05) is 19.1 Å². The highest BCUT2D eigenvalue weighted by atomic mass is 16.2. The van der Waals surface area contributed by atoms with Crippen molar-refractivity contribution in [2.24, 2.45) is 5.41 Å². The first-order valence-electron chi connectivity index (χ1n) is 6.62. The zero-order valence-electron chi connectivity index (χ0n) is 10.6. The molecule has 2 rings (SSSR count). The Morgan fingerprint density at radius 3 is 2.56 bits per heavy atom. The lowest BCUT2D eigenvalue weighted by Gasteiger charge is -2.36. The highest BCUT2D eigenvalue weighted by molar-refractivity contribution is 5.74. The largest absolute Gasteiger partial charge is 0.335 e. The Hall–Kier alpha value is -0.730. The van der Waals surface area contributed by atoms with Crippen molar-refractivity contribution in [3.05, 3.63) is 0 Å². The van der Waals surface area contributed by atoms with Gasteiger partial charge in [0.2, 0.25) is 0 Å². The fourth-order valence-electron chi connectivity index (χ4n) is 3.01. The number of carbonyl (C=O) groups is 1. The maximum Gasteiger partial charge on any atom is 0.317 e. The molecule has 2 amide bonds. The monoisotopic (exact) mass is 224 g/mol. The molecule has 3 nitrogen and oxygen atoms in total. The van der Waals surface area contributed by atoms with Gasteiger partial charge >= 0.3 is 6.03 Å². The van der Waals surface area contributed by atoms with Crippen LogP contribution >= 0.6 is 0 Å². The van der Waals surface area contributed by atoms with E-state index in [0.29, 0.717) is 11.5 Å². The van der Waals surface area contributed by atoms with E-state index in [1.54, 1.807) is 0 Å². The minimum absolute atomic E-state index is 0.167. The van der Waals surface area contributed by atoms with Gasteiger partial charge in [0.25, 0.3) is 0 Å². The third-order valence-corrected chi connectivity index (χ3v) is 3.93. The van der Waals surface area contributed by atoms with Crippen molar-refractivity contribution in [2.45, 2.75) is 58.4 Å². The van der Waals surface area contributed by atoms with Crippen LogP contribution in [-0.2, 0) is 0 Å². The van der Waals surface area contributed by atoms with Gasteiger partial charge in [0.15, 0.2) is 0 Å². The van der Waals surface area contributed by atoms with E-state index < -0.39 is 0 Å². The Morgan fingerprint density at radius 2 is 1.94 bits per heavy atom. The van der Waals surface area contributed by atoms with E-state index in [4.69, 9.17) is 0 Å². The molecule has 0 radical (unpaired) electrons. The lowest BCUT2D eigenvalue weighted by Crippen LogP contribution is -2.46. The van der Waals surface area contributed by atoms with E-state index in [2.05, 4.69) is 19.2 Å². The van der Waals surface area contributed by atoms with Crippen molar-refractivity contribution in [2.75, 3.05) is 13.1 Å². The van der Waals surface area contributed by atoms with Gasteiger partial charge in [-0.2, -0.15) is 0 Å². The molecule has 2 aliphatic rings. The van der Waals surface area contributed by atoms with Crippen LogP contribution in [-0.4, -0.2) is 30.1 Å². The van der Waals surface area contributed by atoms with E-state index in [1.165, 1.54) is 25.7 Å². The van der Waals surface area contributed by atoms with Crippen molar-refractivity contribution in [1.29, 1.82) is 0 Å². The molecule has 1 atom stereocenters. The number of rotatable bonds is 1. The molecule has 1 saturated carbocycles. The van der Waals surface area contributed by atoms with Crippen molar-refractivity contribution in [3.8, 4) is 0 Å². The quantitative estimate of drug-likeness (QED) is 0.730. The number of urea groups is 1. The smallest absolute Gasteiger partial charge is 0.317 e. The normalized spacial score (nSPS) is 29.1. The Balaban J connectivity index is 1.82. The number of hydrogen-bond acceptors (Lipinski definition) is 1. The Bertz CT molecular complexity index is 257. The van der Waals surface area contributed by atoms with Crippen LogP contribution in [0.15, 0.2) is 0 Å². The number of hydrogen-bond donors (Lipinski definition) is 1. The van der Waals surface area contributed by atoms with Gasteiger partial charge in [-0.25, -0.2) is 4.79 Å². The fraction of sp³-hybridized carbons (Fsp3) is 0.923. The van der Waals surface area contributed by atoms with Crippen LogP contribution in [0.2, 0.25) is 0 Å². The van der Waals surface area contributed by atoms with Gasteiger partial charge in [-0.05, 0) is 37.5 Å². The summed E-state index contributed by atoms with van der Waals surface area (Å²) in [5.74, 6) is 0. The van der Waals surface area contributed by atoms with Gasteiger partial charge < -0.3 is 10.2 Å². The van der Waals surface area contributed by atoms with Crippen molar-refractivity contribution < 1.29 is 4.79 Å². The Morgan fingerprint density at radius 1 is 1.25 bits per heavy atom. The topological polar surface area (TPSA) is 32.3 Å². The second-order valence-electron chi connectivity index (χ2n) is 6.10. The van der Waals surface area contributed by atoms with E-state index in [9.17, 15) is 4.79 Å². The zero-order valence-corrected chi connectivity index (χ0v) is 10.6. The minimum atomic E-state index is 0.167. The molecule has 2 fully saturated rings. The number of likely N-dealkylation sites (tertiary alicyclic amines) is 1. The van der Waals surface area contributed by atoms with Gasteiger partial charge in [-0.1, -0.05) is 20.3 Å². The van der Waals surface area contributed by atoms with Crippen molar-refractivity contribution in [1.82, 2.24) is 10.2 Å². The first kappa shape index (κ1) is 11.7. The van der Waals surface area contributed by atoms with E-state index >= 15 is 0 Å². The molecule has 1 aliphatic carbocycles.